The van der Waals surface area contributed by atoms with Gasteiger partial charge in [0.05, 0.1) is 16.8 Å². The highest BCUT2D eigenvalue weighted by molar-refractivity contribution is 6.14. The van der Waals surface area contributed by atoms with Crippen LogP contribution in [-0.2, 0) is 0 Å². The third-order valence-corrected chi connectivity index (χ3v) is 11.7. The zero-order chi connectivity index (χ0) is 39.8. The van der Waals surface area contributed by atoms with Crippen molar-refractivity contribution >= 4 is 49.8 Å². The van der Waals surface area contributed by atoms with Crippen LogP contribution >= 0.6 is 0 Å². The van der Waals surface area contributed by atoms with E-state index in [1.54, 1.807) is 0 Å². The van der Waals surface area contributed by atoms with Gasteiger partial charge in [0.2, 0.25) is 0 Å². The predicted molar refractivity (Wildman–Crippen MR) is 253 cm³/mol. The minimum atomic E-state index is 0.863. The topological polar surface area (TPSA) is 16.4 Å². The van der Waals surface area contributed by atoms with Crippen molar-refractivity contribution in [3.8, 4) is 55.6 Å². The second-order valence-electron chi connectivity index (χ2n) is 15.3. The summed E-state index contributed by atoms with van der Waals surface area (Å²) in [7, 11) is 0. The number of benzene rings is 10. The zero-order valence-electron chi connectivity index (χ0n) is 32.9. The molecule has 1 aromatic heterocycles. The van der Waals surface area contributed by atoms with E-state index in [0.717, 1.165) is 55.7 Å². The molecule has 0 unspecified atom stereocenters. The summed E-state index contributed by atoms with van der Waals surface area (Å²) in [5.74, 6) is 0. The van der Waals surface area contributed by atoms with E-state index < -0.39 is 0 Å². The summed E-state index contributed by atoms with van der Waals surface area (Å²) >= 11 is 0. The molecule has 0 aliphatic heterocycles. The number of hydrogen-bond acceptors (Lipinski definition) is 2. The fraction of sp³-hybridized carbons (Fsp3) is 0. The molecular formula is C58H39NO. The Morgan fingerprint density at radius 3 is 1.55 bits per heavy atom. The molecule has 0 radical (unpaired) electrons. The van der Waals surface area contributed by atoms with E-state index in [2.05, 4.69) is 229 Å². The Labute approximate surface area is 349 Å². The van der Waals surface area contributed by atoms with Crippen LogP contribution in [0.25, 0.3) is 88.3 Å². The van der Waals surface area contributed by atoms with Gasteiger partial charge in [-0.15, -0.1) is 0 Å². The summed E-state index contributed by atoms with van der Waals surface area (Å²) in [4.78, 5) is 2.39. The number of fused-ring (bicyclic) bond motifs is 4. The number of rotatable bonds is 8. The lowest BCUT2D eigenvalue weighted by Gasteiger charge is -2.29. The van der Waals surface area contributed by atoms with Gasteiger partial charge < -0.3 is 9.32 Å². The standard InChI is InChI=1S/C58H39NO/c1-2-13-40(14-3-1)47-18-11-20-50(39-47)52-21-6-8-23-54(52)59(55-24-12-26-57-58(55)53-22-7-9-25-56(53)60-57)51-35-33-43(34-36-51)42-27-29-44(30-28-42)46-17-10-19-48(37-46)49-32-31-41-15-4-5-16-45(41)38-49/h1-39H. The van der Waals surface area contributed by atoms with Crippen LogP contribution in [0.2, 0.25) is 0 Å². The normalized spacial score (nSPS) is 11.3. The quantitative estimate of drug-likeness (QED) is 0.153. The van der Waals surface area contributed by atoms with E-state index in [-0.39, 0.29) is 0 Å². The lowest BCUT2D eigenvalue weighted by atomic mass is 9.96. The molecule has 0 bridgehead atoms. The van der Waals surface area contributed by atoms with Crippen molar-refractivity contribution in [1.29, 1.82) is 0 Å². The molecule has 2 nitrogen and oxygen atoms in total. The van der Waals surface area contributed by atoms with Crippen LogP contribution in [0.4, 0.5) is 17.1 Å². The molecule has 0 N–H and O–H groups in total. The van der Waals surface area contributed by atoms with E-state index in [4.69, 9.17) is 4.42 Å². The van der Waals surface area contributed by atoms with E-state index in [1.165, 1.54) is 49.7 Å². The maximum atomic E-state index is 6.43. The monoisotopic (exact) mass is 765 g/mol. The number of hydrogen-bond donors (Lipinski definition) is 0. The highest BCUT2D eigenvalue weighted by Crippen LogP contribution is 2.46. The SMILES string of the molecule is c1ccc(-c2cccc(-c3ccccc3N(c3ccc(-c4ccc(-c5cccc(-c6ccc7ccccc7c6)c5)cc4)cc3)c3cccc4oc5ccccc5c34)c2)cc1. The molecule has 0 spiro atoms. The number of nitrogens with zero attached hydrogens (tertiary/aromatic N) is 1. The molecule has 0 fully saturated rings. The third-order valence-electron chi connectivity index (χ3n) is 11.7. The summed E-state index contributed by atoms with van der Waals surface area (Å²) in [5, 5.41) is 4.69. The molecule has 282 valence electrons. The van der Waals surface area contributed by atoms with Crippen LogP contribution in [0.5, 0.6) is 0 Å². The van der Waals surface area contributed by atoms with Crippen molar-refractivity contribution in [2.24, 2.45) is 0 Å². The average Bonchev–Trinajstić information content (AvgIpc) is 3.72. The highest BCUT2D eigenvalue weighted by Gasteiger charge is 2.22. The Morgan fingerprint density at radius 2 is 0.767 bits per heavy atom. The second kappa shape index (κ2) is 15.1. The van der Waals surface area contributed by atoms with Crippen molar-refractivity contribution in [1.82, 2.24) is 0 Å². The molecule has 11 aromatic rings. The smallest absolute Gasteiger partial charge is 0.137 e. The second-order valence-corrected chi connectivity index (χ2v) is 15.3. The van der Waals surface area contributed by atoms with E-state index in [0.29, 0.717) is 0 Å². The van der Waals surface area contributed by atoms with Gasteiger partial charge >= 0.3 is 0 Å². The molecule has 11 rings (SSSR count). The number of para-hydroxylation sites is 2. The van der Waals surface area contributed by atoms with Gasteiger partial charge in [-0.05, 0) is 115 Å². The van der Waals surface area contributed by atoms with E-state index in [9.17, 15) is 0 Å². The summed E-state index contributed by atoms with van der Waals surface area (Å²) in [6, 6.07) is 84.9. The van der Waals surface area contributed by atoms with E-state index >= 15 is 0 Å². The summed E-state index contributed by atoms with van der Waals surface area (Å²) < 4.78 is 6.43. The van der Waals surface area contributed by atoms with Gasteiger partial charge in [0, 0.05) is 16.6 Å². The molecule has 0 saturated heterocycles. The molecule has 0 aliphatic rings. The molecule has 10 aromatic carbocycles. The van der Waals surface area contributed by atoms with Crippen molar-refractivity contribution in [2.75, 3.05) is 4.90 Å². The van der Waals surface area contributed by atoms with Gasteiger partial charge in [0.1, 0.15) is 11.2 Å². The molecule has 0 saturated carbocycles. The molecule has 0 amide bonds. The molecular weight excluding hydrogens is 727 g/mol. The van der Waals surface area contributed by atoms with Gasteiger partial charge in [0.15, 0.2) is 0 Å². The van der Waals surface area contributed by atoms with Gasteiger partial charge in [-0.2, -0.15) is 0 Å². The molecule has 60 heavy (non-hydrogen) atoms. The highest BCUT2D eigenvalue weighted by atomic mass is 16.3. The van der Waals surface area contributed by atoms with Gasteiger partial charge in [0.25, 0.3) is 0 Å². The van der Waals surface area contributed by atoms with E-state index in [1.807, 2.05) is 12.1 Å². The molecule has 2 heteroatoms. The Kier molecular flexibility index (Phi) is 8.87. The van der Waals surface area contributed by atoms with Crippen molar-refractivity contribution in [3.63, 3.8) is 0 Å². The lowest BCUT2D eigenvalue weighted by Crippen LogP contribution is -2.11. The zero-order valence-corrected chi connectivity index (χ0v) is 32.9. The number of furan rings is 1. The van der Waals surface area contributed by atoms with Gasteiger partial charge in [-0.25, -0.2) is 0 Å². The van der Waals surface area contributed by atoms with Crippen LogP contribution in [-0.4, -0.2) is 0 Å². The Bertz CT molecular complexity index is 3310. The minimum Gasteiger partial charge on any atom is -0.456 e. The summed E-state index contributed by atoms with van der Waals surface area (Å²) in [6.45, 7) is 0. The predicted octanol–water partition coefficient (Wildman–Crippen LogP) is 16.5. The first kappa shape index (κ1) is 35.2. The van der Waals surface area contributed by atoms with Crippen LogP contribution in [0, 0.1) is 0 Å². The first-order valence-electron chi connectivity index (χ1n) is 20.5. The maximum Gasteiger partial charge on any atom is 0.137 e. The third kappa shape index (κ3) is 6.51. The maximum absolute atomic E-state index is 6.43. The molecule has 0 aliphatic carbocycles. The van der Waals surface area contributed by atoms with Crippen LogP contribution in [0.15, 0.2) is 241 Å². The Balaban J connectivity index is 0.973. The average molecular weight is 766 g/mol. The van der Waals surface area contributed by atoms with Crippen molar-refractivity contribution < 1.29 is 4.42 Å². The first-order chi connectivity index (χ1) is 29.7. The first-order valence-corrected chi connectivity index (χ1v) is 20.5. The number of anilines is 3. The largest absolute Gasteiger partial charge is 0.456 e. The van der Waals surface area contributed by atoms with Crippen LogP contribution in [0.3, 0.4) is 0 Å². The van der Waals surface area contributed by atoms with Crippen molar-refractivity contribution in [2.45, 2.75) is 0 Å². The fourth-order valence-corrected chi connectivity index (χ4v) is 8.67. The molecule has 0 atom stereocenters. The van der Waals surface area contributed by atoms with Crippen LogP contribution in [0.1, 0.15) is 0 Å². The summed E-state index contributed by atoms with van der Waals surface area (Å²) in [6.07, 6.45) is 0. The van der Waals surface area contributed by atoms with Crippen LogP contribution < -0.4 is 4.90 Å². The fourth-order valence-electron chi connectivity index (χ4n) is 8.67. The van der Waals surface area contributed by atoms with Gasteiger partial charge in [-0.3, -0.25) is 0 Å². The van der Waals surface area contributed by atoms with Crippen molar-refractivity contribution in [3.05, 3.63) is 237 Å². The van der Waals surface area contributed by atoms with Gasteiger partial charge in [-0.1, -0.05) is 182 Å². The minimum absolute atomic E-state index is 0.863. The Hall–Kier alpha value is -7.94. The lowest BCUT2D eigenvalue weighted by molar-refractivity contribution is 0.669. The Morgan fingerprint density at radius 1 is 0.283 bits per heavy atom. The molecule has 1 heterocycles. The summed E-state index contributed by atoms with van der Waals surface area (Å²) in [5.41, 5.74) is 16.8.